The second kappa shape index (κ2) is 5.04. The Kier molecular flexibility index (Phi) is 3.99. The van der Waals surface area contributed by atoms with Gasteiger partial charge in [-0.15, -0.1) is 0 Å². The van der Waals surface area contributed by atoms with Gasteiger partial charge in [-0.3, -0.25) is 0 Å². The van der Waals surface area contributed by atoms with E-state index in [1.54, 1.807) is 6.07 Å². The summed E-state index contributed by atoms with van der Waals surface area (Å²) in [4.78, 5) is 6.21. The van der Waals surface area contributed by atoms with E-state index < -0.39 is 0 Å². The molecule has 0 aromatic carbocycles. The van der Waals surface area contributed by atoms with Crippen LogP contribution in [-0.2, 0) is 0 Å². The van der Waals surface area contributed by atoms with E-state index in [0.717, 1.165) is 18.9 Å². The van der Waals surface area contributed by atoms with Crippen LogP contribution in [0.4, 0.5) is 5.82 Å². The van der Waals surface area contributed by atoms with Crippen LogP contribution in [0.2, 0.25) is 5.15 Å². The first kappa shape index (κ1) is 10.3. The van der Waals surface area contributed by atoms with Gasteiger partial charge in [-0.25, -0.2) is 4.98 Å². The maximum Gasteiger partial charge on any atom is 0.131 e. The lowest BCUT2D eigenvalue weighted by Gasteiger charge is -2.10. The number of hydrogen-bond acceptors (Lipinski definition) is 3. The molecule has 0 aliphatic heterocycles. The van der Waals surface area contributed by atoms with E-state index in [0.29, 0.717) is 5.15 Å². The molecule has 0 bridgehead atoms. The molecule has 0 atom stereocenters. The highest BCUT2D eigenvalue weighted by atomic mass is 35.5. The first-order valence-corrected chi connectivity index (χ1v) is 4.57. The minimum atomic E-state index is 0.523. The van der Waals surface area contributed by atoms with Crippen LogP contribution in [0.25, 0.3) is 0 Å². The van der Waals surface area contributed by atoms with Crippen LogP contribution in [0, 0.1) is 0 Å². The second-order valence-electron chi connectivity index (χ2n) is 3.08. The highest BCUT2D eigenvalue weighted by Crippen LogP contribution is 2.08. The number of pyridine rings is 1. The van der Waals surface area contributed by atoms with Crippen molar-refractivity contribution in [2.24, 2.45) is 0 Å². The lowest BCUT2D eigenvalue weighted by Crippen LogP contribution is -2.21. The van der Waals surface area contributed by atoms with Gasteiger partial charge in [0.25, 0.3) is 0 Å². The zero-order chi connectivity index (χ0) is 9.68. The number of halogens is 1. The van der Waals surface area contributed by atoms with E-state index in [9.17, 15) is 0 Å². The zero-order valence-corrected chi connectivity index (χ0v) is 8.67. The molecule has 1 aromatic rings. The van der Waals surface area contributed by atoms with Crippen molar-refractivity contribution in [3.8, 4) is 0 Å². The highest BCUT2D eigenvalue weighted by Gasteiger charge is 1.94. The number of likely N-dealkylation sites (N-methyl/N-ethyl adjacent to an activating group) is 1. The maximum atomic E-state index is 5.72. The Morgan fingerprint density at radius 1 is 1.46 bits per heavy atom. The third-order valence-electron chi connectivity index (χ3n) is 1.58. The van der Waals surface area contributed by atoms with Gasteiger partial charge >= 0.3 is 0 Å². The summed E-state index contributed by atoms with van der Waals surface area (Å²) in [6, 6.07) is 5.55. The van der Waals surface area contributed by atoms with Crippen molar-refractivity contribution in [3.05, 3.63) is 23.4 Å². The minimum Gasteiger partial charge on any atom is -0.369 e. The molecule has 13 heavy (non-hydrogen) atoms. The zero-order valence-electron chi connectivity index (χ0n) is 7.92. The number of nitrogens with one attached hydrogen (secondary N) is 1. The molecule has 0 saturated heterocycles. The molecule has 4 heteroatoms. The van der Waals surface area contributed by atoms with Gasteiger partial charge in [0.2, 0.25) is 0 Å². The van der Waals surface area contributed by atoms with Crippen molar-refractivity contribution in [2.45, 2.75) is 0 Å². The van der Waals surface area contributed by atoms with Gasteiger partial charge in [0.1, 0.15) is 11.0 Å². The fourth-order valence-electron chi connectivity index (χ4n) is 0.914. The van der Waals surface area contributed by atoms with E-state index in [4.69, 9.17) is 11.6 Å². The molecule has 0 fully saturated rings. The highest BCUT2D eigenvalue weighted by molar-refractivity contribution is 6.29. The van der Waals surface area contributed by atoms with Gasteiger partial charge in [0.15, 0.2) is 0 Å². The number of anilines is 1. The van der Waals surface area contributed by atoms with Gasteiger partial charge in [0, 0.05) is 13.1 Å². The molecule has 0 radical (unpaired) electrons. The van der Waals surface area contributed by atoms with E-state index >= 15 is 0 Å². The van der Waals surface area contributed by atoms with Crippen LogP contribution >= 0.6 is 11.6 Å². The predicted octanol–water partition coefficient (Wildman–Crippen LogP) is 1.71. The average Bonchev–Trinajstić information content (AvgIpc) is 2.03. The standard InChI is InChI=1S/C9H14ClN3/c1-13(2)7-6-11-9-5-3-4-8(10)12-9/h3-5H,6-7H2,1-2H3,(H,11,12). The summed E-state index contributed by atoms with van der Waals surface area (Å²) < 4.78 is 0. The molecular formula is C9H14ClN3. The summed E-state index contributed by atoms with van der Waals surface area (Å²) in [6.07, 6.45) is 0. The van der Waals surface area contributed by atoms with Crippen molar-refractivity contribution >= 4 is 17.4 Å². The SMILES string of the molecule is CN(C)CCNc1cccc(Cl)n1. The Hall–Kier alpha value is -0.800. The normalized spacial score (nSPS) is 10.5. The molecule has 1 aromatic heterocycles. The van der Waals surface area contributed by atoms with Gasteiger partial charge in [-0.1, -0.05) is 17.7 Å². The third-order valence-corrected chi connectivity index (χ3v) is 1.79. The Labute approximate surface area is 83.7 Å². The molecule has 0 saturated carbocycles. The van der Waals surface area contributed by atoms with Gasteiger partial charge < -0.3 is 10.2 Å². The monoisotopic (exact) mass is 199 g/mol. The average molecular weight is 200 g/mol. The molecule has 3 nitrogen and oxygen atoms in total. The fraction of sp³-hybridized carbons (Fsp3) is 0.444. The molecule has 1 N–H and O–H groups in total. The smallest absolute Gasteiger partial charge is 0.131 e. The number of hydrogen-bond donors (Lipinski definition) is 1. The summed E-state index contributed by atoms with van der Waals surface area (Å²) in [5.74, 6) is 0.828. The molecule has 0 aliphatic rings. The number of rotatable bonds is 4. The van der Waals surface area contributed by atoms with E-state index in [2.05, 4.69) is 15.2 Å². The third kappa shape index (κ3) is 4.10. The lowest BCUT2D eigenvalue weighted by atomic mass is 10.4. The molecule has 0 unspecified atom stereocenters. The van der Waals surface area contributed by atoms with E-state index in [1.165, 1.54) is 0 Å². The van der Waals surface area contributed by atoms with E-state index in [1.807, 2.05) is 26.2 Å². The summed E-state index contributed by atoms with van der Waals surface area (Å²) in [7, 11) is 4.07. The fourth-order valence-corrected chi connectivity index (χ4v) is 1.08. The molecule has 1 rings (SSSR count). The van der Waals surface area contributed by atoms with Gasteiger partial charge in [-0.05, 0) is 26.2 Å². The maximum absolute atomic E-state index is 5.72. The minimum absolute atomic E-state index is 0.523. The first-order chi connectivity index (χ1) is 6.18. The summed E-state index contributed by atoms with van der Waals surface area (Å²) in [5, 5.41) is 3.70. The quantitative estimate of drug-likeness (QED) is 0.749. The van der Waals surface area contributed by atoms with Crippen molar-refractivity contribution in [1.82, 2.24) is 9.88 Å². The number of aromatic nitrogens is 1. The molecular weight excluding hydrogens is 186 g/mol. The van der Waals surface area contributed by atoms with Crippen LogP contribution in [0.3, 0.4) is 0 Å². The van der Waals surface area contributed by atoms with Crippen LogP contribution in [0.15, 0.2) is 18.2 Å². The Balaban J connectivity index is 2.37. The topological polar surface area (TPSA) is 28.2 Å². The van der Waals surface area contributed by atoms with Crippen LogP contribution in [0.1, 0.15) is 0 Å². The van der Waals surface area contributed by atoms with Crippen LogP contribution in [0.5, 0.6) is 0 Å². The Morgan fingerprint density at radius 2 is 2.23 bits per heavy atom. The summed E-state index contributed by atoms with van der Waals surface area (Å²) in [5.41, 5.74) is 0. The molecule has 1 heterocycles. The van der Waals surface area contributed by atoms with Crippen LogP contribution < -0.4 is 5.32 Å². The molecule has 0 amide bonds. The van der Waals surface area contributed by atoms with Gasteiger partial charge in [-0.2, -0.15) is 0 Å². The first-order valence-electron chi connectivity index (χ1n) is 4.19. The van der Waals surface area contributed by atoms with Crippen molar-refractivity contribution in [2.75, 3.05) is 32.5 Å². The molecule has 72 valence electrons. The molecule has 0 spiro atoms. The Morgan fingerprint density at radius 3 is 2.85 bits per heavy atom. The lowest BCUT2D eigenvalue weighted by molar-refractivity contribution is 0.425. The summed E-state index contributed by atoms with van der Waals surface area (Å²) >= 11 is 5.72. The second-order valence-corrected chi connectivity index (χ2v) is 3.46. The van der Waals surface area contributed by atoms with Crippen molar-refractivity contribution in [3.63, 3.8) is 0 Å². The molecule has 0 aliphatic carbocycles. The van der Waals surface area contributed by atoms with Gasteiger partial charge in [0.05, 0.1) is 0 Å². The Bertz CT molecular complexity index is 263. The van der Waals surface area contributed by atoms with Crippen LogP contribution in [-0.4, -0.2) is 37.1 Å². The van der Waals surface area contributed by atoms with Crippen molar-refractivity contribution in [1.29, 1.82) is 0 Å². The van der Waals surface area contributed by atoms with E-state index in [-0.39, 0.29) is 0 Å². The number of nitrogens with zero attached hydrogens (tertiary/aromatic N) is 2. The summed E-state index contributed by atoms with van der Waals surface area (Å²) in [6.45, 7) is 1.86. The van der Waals surface area contributed by atoms with Crippen molar-refractivity contribution < 1.29 is 0 Å². The largest absolute Gasteiger partial charge is 0.369 e. The predicted molar refractivity (Wildman–Crippen MR) is 56.3 cm³/mol.